The van der Waals surface area contributed by atoms with Gasteiger partial charge in [0, 0.05) is 10.2 Å². The third kappa shape index (κ3) is 2.11. The van der Waals surface area contributed by atoms with Crippen molar-refractivity contribution in [2.45, 2.75) is 18.4 Å². The molecule has 0 saturated heterocycles. The fourth-order valence-electron chi connectivity index (χ4n) is 1.37. The Kier molecular flexibility index (Phi) is 2.64. The Labute approximate surface area is 101 Å². The van der Waals surface area contributed by atoms with Crippen LogP contribution in [0.4, 0.5) is 5.69 Å². The Morgan fingerprint density at radius 3 is 2.67 bits per heavy atom. The molecule has 1 saturated carbocycles. The monoisotopic (exact) mass is 289 g/mol. The molecular formula is C10H9BrClNO2. The van der Waals surface area contributed by atoms with Crippen LogP contribution in [0, 0.1) is 0 Å². The van der Waals surface area contributed by atoms with Crippen LogP contribution in [0.1, 0.15) is 12.8 Å². The number of carboxylic acids is 1. The maximum Gasteiger partial charge on any atom is 0.329 e. The number of anilines is 1. The Morgan fingerprint density at radius 1 is 1.53 bits per heavy atom. The van der Waals surface area contributed by atoms with E-state index in [1.54, 1.807) is 18.2 Å². The van der Waals surface area contributed by atoms with E-state index in [4.69, 9.17) is 16.7 Å². The average molecular weight is 291 g/mol. The summed E-state index contributed by atoms with van der Waals surface area (Å²) in [5.74, 6) is -0.798. The summed E-state index contributed by atoms with van der Waals surface area (Å²) in [5.41, 5.74) is 0.0129. The molecule has 1 aliphatic rings. The van der Waals surface area contributed by atoms with Crippen molar-refractivity contribution < 1.29 is 9.90 Å². The van der Waals surface area contributed by atoms with E-state index in [2.05, 4.69) is 21.2 Å². The van der Waals surface area contributed by atoms with Crippen molar-refractivity contribution in [1.82, 2.24) is 0 Å². The van der Waals surface area contributed by atoms with E-state index >= 15 is 0 Å². The van der Waals surface area contributed by atoms with Gasteiger partial charge >= 0.3 is 5.97 Å². The molecule has 0 heterocycles. The summed E-state index contributed by atoms with van der Waals surface area (Å²) in [6.07, 6.45) is 1.34. The first-order chi connectivity index (χ1) is 7.03. The maximum atomic E-state index is 10.9. The number of halogens is 2. The molecule has 1 aliphatic carbocycles. The van der Waals surface area contributed by atoms with Crippen molar-refractivity contribution in [3.05, 3.63) is 27.7 Å². The summed E-state index contributed by atoms with van der Waals surface area (Å²) in [5, 5.41) is 12.6. The number of nitrogens with one attached hydrogen (secondary N) is 1. The highest BCUT2D eigenvalue weighted by Gasteiger charge is 2.50. The molecule has 15 heavy (non-hydrogen) atoms. The molecule has 0 radical (unpaired) electrons. The number of carbonyl (C=O) groups is 1. The van der Waals surface area contributed by atoms with Crippen molar-refractivity contribution in [1.29, 1.82) is 0 Å². The average Bonchev–Trinajstić information content (AvgIpc) is 2.93. The van der Waals surface area contributed by atoms with E-state index in [-0.39, 0.29) is 0 Å². The van der Waals surface area contributed by atoms with Crippen LogP contribution in [0.3, 0.4) is 0 Å². The van der Waals surface area contributed by atoms with E-state index in [0.717, 1.165) is 10.2 Å². The molecule has 1 aromatic carbocycles. The number of carboxylic acid groups (broad SMARTS) is 1. The molecule has 80 valence electrons. The number of rotatable bonds is 3. The van der Waals surface area contributed by atoms with Gasteiger partial charge in [0.15, 0.2) is 0 Å². The van der Waals surface area contributed by atoms with Crippen LogP contribution in [-0.4, -0.2) is 16.6 Å². The lowest BCUT2D eigenvalue weighted by Gasteiger charge is -2.14. The first-order valence-electron chi connectivity index (χ1n) is 4.50. The minimum absolute atomic E-state index is 0.612. The van der Waals surface area contributed by atoms with E-state index in [9.17, 15) is 4.79 Å². The SMILES string of the molecule is O=C(O)C1(Nc2ccc(Cl)c(Br)c2)CC1. The van der Waals surface area contributed by atoms with Crippen LogP contribution in [0.5, 0.6) is 0 Å². The Hall–Kier alpha value is -0.740. The lowest BCUT2D eigenvalue weighted by Crippen LogP contribution is -2.31. The molecule has 1 aromatic rings. The first-order valence-corrected chi connectivity index (χ1v) is 5.67. The second-order valence-corrected chi connectivity index (χ2v) is 4.90. The van der Waals surface area contributed by atoms with E-state index in [1.165, 1.54) is 0 Å². The fraction of sp³-hybridized carbons (Fsp3) is 0.300. The van der Waals surface area contributed by atoms with E-state index < -0.39 is 11.5 Å². The van der Waals surface area contributed by atoms with Crippen molar-refractivity contribution in [3.63, 3.8) is 0 Å². The molecule has 0 aliphatic heterocycles. The van der Waals surface area contributed by atoms with Crippen LogP contribution in [0.25, 0.3) is 0 Å². The van der Waals surface area contributed by atoms with Crippen molar-refractivity contribution in [3.8, 4) is 0 Å². The van der Waals surface area contributed by atoms with Gasteiger partial charge in [-0.2, -0.15) is 0 Å². The summed E-state index contributed by atoms with van der Waals surface area (Å²) in [6, 6.07) is 5.29. The number of hydrogen-bond acceptors (Lipinski definition) is 2. The highest BCUT2D eigenvalue weighted by molar-refractivity contribution is 9.10. The highest BCUT2D eigenvalue weighted by atomic mass is 79.9. The molecule has 5 heteroatoms. The summed E-state index contributed by atoms with van der Waals surface area (Å²) in [6.45, 7) is 0. The zero-order valence-corrected chi connectivity index (χ0v) is 10.1. The van der Waals surface area contributed by atoms with Gasteiger partial charge < -0.3 is 10.4 Å². The normalized spacial score (nSPS) is 17.2. The topological polar surface area (TPSA) is 49.3 Å². The van der Waals surface area contributed by atoms with Gasteiger partial charge in [0.25, 0.3) is 0 Å². The zero-order valence-electron chi connectivity index (χ0n) is 7.76. The first kappa shape index (κ1) is 10.8. The van der Waals surface area contributed by atoms with Crippen LogP contribution in [-0.2, 0) is 4.79 Å². The standard InChI is InChI=1S/C10H9BrClNO2/c11-7-5-6(1-2-8(7)12)13-10(3-4-10)9(14)15/h1-2,5,13H,3-4H2,(H,14,15). The minimum Gasteiger partial charge on any atom is -0.480 e. The molecule has 0 aromatic heterocycles. The van der Waals surface area contributed by atoms with Gasteiger partial charge in [0.05, 0.1) is 5.02 Å². The number of hydrogen-bond donors (Lipinski definition) is 2. The molecule has 0 amide bonds. The smallest absolute Gasteiger partial charge is 0.329 e. The van der Waals surface area contributed by atoms with Crippen molar-refractivity contribution in [2.75, 3.05) is 5.32 Å². The molecule has 0 bridgehead atoms. The van der Waals surface area contributed by atoms with Gasteiger partial charge in [-0.3, -0.25) is 0 Å². The molecule has 2 rings (SSSR count). The highest BCUT2D eigenvalue weighted by Crippen LogP contribution is 2.40. The van der Waals surface area contributed by atoms with Crippen molar-refractivity contribution in [2.24, 2.45) is 0 Å². The molecular weight excluding hydrogens is 281 g/mol. The number of benzene rings is 1. The quantitative estimate of drug-likeness (QED) is 0.899. The van der Waals surface area contributed by atoms with Gasteiger partial charge in [-0.1, -0.05) is 11.6 Å². The molecule has 2 N–H and O–H groups in total. The molecule has 1 fully saturated rings. The van der Waals surface area contributed by atoms with Crippen LogP contribution in [0.2, 0.25) is 5.02 Å². The van der Waals surface area contributed by atoms with Gasteiger partial charge in [0.2, 0.25) is 0 Å². The minimum atomic E-state index is -0.798. The predicted octanol–water partition coefficient (Wildman–Crippen LogP) is 3.13. The van der Waals surface area contributed by atoms with Crippen LogP contribution >= 0.6 is 27.5 Å². The van der Waals surface area contributed by atoms with Gasteiger partial charge in [-0.05, 0) is 47.0 Å². The summed E-state index contributed by atoms with van der Waals surface area (Å²) < 4.78 is 0.760. The second kappa shape index (κ2) is 3.68. The van der Waals surface area contributed by atoms with Crippen LogP contribution in [0.15, 0.2) is 22.7 Å². The Morgan fingerprint density at radius 2 is 2.20 bits per heavy atom. The van der Waals surface area contributed by atoms with Crippen LogP contribution < -0.4 is 5.32 Å². The fourth-order valence-corrected chi connectivity index (χ4v) is 1.86. The van der Waals surface area contributed by atoms with Gasteiger partial charge in [0.1, 0.15) is 5.54 Å². The summed E-state index contributed by atoms with van der Waals surface area (Å²) in [4.78, 5) is 10.9. The lowest BCUT2D eigenvalue weighted by atomic mass is 10.2. The summed E-state index contributed by atoms with van der Waals surface area (Å²) in [7, 11) is 0. The molecule has 3 nitrogen and oxygen atoms in total. The largest absolute Gasteiger partial charge is 0.480 e. The maximum absolute atomic E-state index is 10.9. The Bertz CT molecular complexity index is 418. The van der Waals surface area contributed by atoms with E-state index in [0.29, 0.717) is 17.9 Å². The molecule has 0 spiro atoms. The third-order valence-electron chi connectivity index (χ3n) is 2.46. The summed E-state index contributed by atoms with van der Waals surface area (Å²) >= 11 is 9.13. The second-order valence-electron chi connectivity index (χ2n) is 3.64. The van der Waals surface area contributed by atoms with Crippen molar-refractivity contribution >= 4 is 39.2 Å². The Balaban J connectivity index is 2.18. The van der Waals surface area contributed by atoms with Gasteiger partial charge in [-0.15, -0.1) is 0 Å². The zero-order chi connectivity index (χ0) is 11.1. The van der Waals surface area contributed by atoms with Gasteiger partial charge in [-0.25, -0.2) is 4.79 Å². The lowest BCUT2D eigenvalue weighted by molar-refractivity contribution is -0.138. The third-order valence-corrected chi connectivity index (χ3v) is 3.68. The predicted molar refractivity (Wildman–Crippen MR) is 62.4 cm³/mol. The molecule has 0 atom stereocenters. The van der Waals surface area contributed by atoms with E-state index in [1.807, 2.05) is 0 Å². The number of aliphatic carboxylic acids is 1. The molecule has 0 unspecified atom stereocenters.